The van der Waals surface area contributed by atoms with Gasteiger partial charge in [-0.3, -0.25) is 14.4 Å². The van der Waals surface area contributed by atoms with E-state index >= 15 is 0 Å². The van der Waals surface area contributed by atoms with Gasteiger partial charge in [-0.1, -0.05) is 121 Å². The Morgan fingerprint density at radius 2 is 1.20 bits per heavy atom. The summed E-state index contributed by atoms with van der Waals surface area (Å²) in [5.41, 5.74) is 0. The number of unbranched alkanes of at least 4 members (excludes halogenated alkanes) is 14. The number of carboxylic acids is 1. The van der Waals surface area contributed by atoms with E-state index in [1.807, 2.05) is 0 Å². The summed E-state index contributed by atoms with van der Waals surface area (Å²) in [6, 6.07) is -1.38. The highest BCUT2D eigenvalue weighted by molar-refractivity contribution is 5.87. The van der Waals surface area contributed by atoms with Crippen molar-refractivity contribution in [2.75, 3.05) is 13.2 Å². The molecule has 0 radical (unpaired) electrons. The van der Waals surface area contributed by atoms with Gasteiger partial charge in [0, 0.05) is 12.8 Å². The summed E-state index contributed by atoms with van der Waals surface area (Å²) in [7, 11) is 0. The molecule has 0 aromatic heterocycles. The molecule has 0 heterocycles. The third-order valence-electron chi connectivity index (χ3n) is 8.29. The van der Waals surface area contributed by atoms with Crippen molar-refractivity contribution in [2.24, 2.45) is 0 Å². The predicted molar refractivity (Wildman–Crippen MR) is 204 cm³/mol. The molecule has 0 fully saturated rings. The van der Waals surface area contributed by atoms with Crippen molar-refractivity contribution in [3.63, 3.8) is 0 Å². The van der Waals surface area contributed by atoms with Crippen molar-refractivity contribution in [3.05, 3.63) is 48.6 Å². The van der Waals surface area contributed by atoms with Crippen molar-refractivity contribution < 1.29 is 34.1 Å². The van der Waals surface area contributed by atoms with E-state index in [2.05, 4.69) is 73.1 Å². The number of esters is 1. The number of hydrogen-bond donors (Lipinski definition) is 4. The highest BCUT2D eigenvalue weighted by Crippen LogP contribution is 2.15. The average Bonchev–Trinajstić information content (AvgIpc) is 3.10. The van der Waals surface area contributed by atoms with Gasteiger partial charge in [-0.15, -0.1) is 0 Å². The molecule has 2 atom stereocenters. The molecule has 0 spiro atoms. The van der Waals surface area contributed by atoms with Crippen molar-refractivity contribution >= 4 is 23.8 Å². The topological polar surface area (TPSA) is 142 Å². The molecule has 4 N–H and O–H groups in total. The van der Waals surface area contributed by atoms with Crippen LogP contribution in [-0.2, 0) is 23.9 Å². The van der Waals surface area contributed by atoms with Crippen molar-refractivity contribution in [3.8, 4) is 0 Å². The maximum Gasteiger partial charge on any atom is 0.328 e. The van der Waals surface area contributed by atoms with E-state index in [-0.39, 0.29) is 24.5 Å². The molecule has 2 amide bonds. The van der Waals surface area contributed by atoms with Crippen molar-refractivity contribution in [2.45, 2.75) is 174 Å². The summed E-state index contributed by atoms with van der Waals surface area (Å²) in [5.74, 6) is -2.36. The molecule has 0 aromatic rings. The van der Waals surface area contributed by atoms with E-state index in [1.165, 1.54) is 38.5 Å². The second-order valence-corrected chi connectivity index (χ2v) is 13.0. The Hall–Kier alpha value is -3.20. The summed E-state index contributed by atoms with van der Waals surface area (Å²) in [5, 5.41) is 22.5. The first-order chi connectivity index (χ1) is 24.3. The number of allylic oxidation sites excluding steroid dienone is 7. The molecular formula is C41H70N2O7. The Kier molecular flexibility index (Phi) is 33.3. The molecule has 0 aromatic carbocycles. The number of hydrogen-bond acceptors (Lipinski definition) is 6. The van der Waals surface area contributed by atoms with Gasteiger partial charge in [0.1, 0.15) is 12.1 Å². The Morgan fingerprint density at radius 3 is 1.86 bits per heavy atom. The van der Waals surface area contributed by atoms with Crippen LogP contribution in [0.15, 0.2) is 48.6 Å². The van der Waals surface area contributed by atoms with Gasteiger partial charge in [0.05, 0.1) is 13.2 Å². The molecule has 0 aliphatic rings. The number of carbonyl (C=O) groups excluding carboxylic acids is 3. The fourth-order valence-corrected chi connectivity index (χ4v) is 5.28. The SMILES string of the molecule is CC/C=C\C/C=C\C/C=C\CCCCCC(=O)OC(/C=C\CCCCCCCC)CCCCCCCCC(=O)NCC(=O)NC(CO)C(=O)O. The maximum absolute atomic E-state index is 12.7. The number of rotatable bonds is 34. The lowest BCUT2D eigenvalue weighted by Gasteiger charge is -2.15. The van der Waals surface area contributed by atoms with Crippen LogP contribution in [0.3, 0.4) is 0 Å². The molecule has 0 aliphatic carbocycles. The largest absolute Gasteiger partial charge is 0.480 e. The van der Waals surface area contributed by atoms with Crippen LogP contribution >= 0.6 is 0 Å². The maximum atomic E-state index is 12.7. The third kappa shape index (κ3) is 32.0. The van der Waals surface area contributed by atoms with Gasteiger partial charge >= 0.3 is 11.9 Å². The fraction of sp³-hybridized carbons (Fsp3) is 0.707. The van der Waals surface area contributed by atoms with Crippen LogP contribution in [-0.4, -0.2) is 59.3 Å². The first-order valence-corrected chi connectivity index (χ1v) is 19.5. The van der Waals surface area contributed by atoms with E-state index < -0.39 is 24.5 Å². The van der Waals surface area contributed by atoms with E-state index in [0.717, 1.165) is 89.9 Å². The fourth-order valence-electron chi connectivity index (χ4n) is 5.28. The smallest absolute Gasteiger partial charge is 0.328 e. The summed E-state index contributed by atoms with van der Waals surface area (Å²) in [4.78, 5) is 47.3. The molecule has 2 unspecified atom stereocenters. The van der Waals surface area contributed by atoms with E-state index in [9.17, 15) is 19.2 Å². The second-order valence-electron chi connectivity index (χ2n) is 13.0. The minimum atomic E-state index is -1.38. The molecule has 0 rings (SSSR count). The minimum Gasteiger partial charge on any atom is -0.480 e. The summed E-state index contributed by atoms with van der Waals surface area (Å²) >= 11 is 0. The number of aliphatic hydroxyl groups is 1. The zero-order valence-electron chi connectivity index (χ0n) is 31.4. The van der Waals surface area contributed by atoms with Gasteiger partial charge in [-0.05, 0) is 76.7 Å². The zero-order chi connectivity index (χ0) is 36.9. The van der Waals surface area contributed by atoms with Gasteiger partial charge in [0.15, 0.2) is 0 Å². The highest BCUT2D eigenvalue weighted by atomic mass is 16.5. The lowest BCUT2D eigenvalue weighted by atomic mass is 10.0. The van der Waals surface area contributed by atoms with Gasteiger partial charge in [0.25, 0.3) is 0 Å². The minimum absolute atomic E-state index is 0.108. The first kappa shape index (κ1) is 46.8. The number of ether oxygens (including phenoxy) is 1. The number of carbonyl (C=O) groups is 4. The van der Waals surface area contributed by atoms with Crippen LogP contribution < -0.4 is 10.6 Å². The summed E-state index contributed by atoms with van der Waals surface area (Å²) in [6.07, 6.45) is 40.1. The van der Waals surface area contributed by atoms with E-state index in [0.29, 0.717) is 19.3 Å². The molecule has 50 heavy (non-hydrogen) atoms. The quantitative estimate of drug-likeness (QED) is 0.0298. The van der Waals surface area contributed by atoms with Crippen LogP contribution in [0.1, 0.15) is 162 Å². The highest BCUT2D eigenvalue weighted by Gasteiger charge is 2.18. The lowest BCUT2D eigenvalue weighted by Crippen LogP contribution is -2.47. The first-order valence-electron chi connectivity index (χ1n) is 19.5. The summed E-state index contributed by atoms with van der Waals surface area (Å²) in [6.45, 7) is 3.33. The predicted octanol–water partition coefficient (Wildman–Crippen LogP) is 8.81. The molecule has 0 saturated carbocycles. The van der Waals surface area contributed by atoms with Crippen LogP contribution in [0.4, 0.5) is 0 Å². The molecular weight excluding hydrogens is 632 g/mol. The van der Waals surface area contributed by atoms with E-state index in [1.54, 1.807) is 0 Å². The number of aliphatic hydroxyl groups excluding tert-OH is 1. The Bertz CT molecular complexity index is 989. The monoisotopic (exact) mass is 703 g/mol. The van der Waals surface area contributed by atoms with Gasteiger partial charge in [0.2, 0.25) is 11.8 Å². The second kappa shape index (κ2) is 35.6. The van der Waals surface area contributed by atoms with Crippen LogP contribution in [0.25, 0.3) is 0 Å². The van der Waals surface area contributed by atoms with Gasteiger partial charge in [-0.25, -0.2) is 4.79 Å². The van der Waals surface area contributed by atoms with Crippen LogP contribution in [0.2, 0.25) is 0 Å². The molecule has 286 valence electrons. The number of nitrogens with one attached hydrogen (secondary N) is 2. The van der Waals surface area contributed by atoms with Gasteiger partial charge in [-0.2, -0.15) is 0 Å². The molecule has 9 nitrogen and oxygen atoms in total. The number of carboxylic acid groups (broad SMARTS) is 1. The van der Waals surface area contributed by atoms with Crippen LogP contribution in [0.5, 0.6) is 0 Å². The standard InChI is InChI=1S/C41H70N2O7/c1-3-5-7-9-11-13-14-15-16-17-19-25-29-33-40(47)50-36(30-26-22-18-12-10-8-6-4-2)31-27-23-20-21-24-28-32-38(45)42-34-39(46)43-37(35-44)41(48)49/h5,7,11,13,15-16,26,30,36-37,44H,3-4,6,8-10,12,14,17-25,27-29,31-35H2,1-2H3,(H,42,45)(H,43,46)(H,48,49)/b7-5-,13-11-,16-15-,30-26-. The Labute approximate surface area is 303 Å². The lowest BCUT2D eigenvalue weighted by molar-refractivity contribution is -0.147. The number of amides is 2. The zero-order valence-corrected chi connectivity index (χ0v) is 31.4. The molecule has 0 aliphatic heterocycles. The van der Waals surface area contributed by atoms with Crippen molar-refractivity contribution in [1.29, 1.82) is 0 Å². The van der Waals surface area contributed by atoms with E-state index in [4.69, 9.17) is 14.9 Å². The average molecular weight is 703 g/mol. The van der Waals surface area contributed by atoms with Crippen molar-refractivity contribution in [1.82, 2.24) is 10.6 Å². The molecule has 9 heteroatoms. The number of aliphatic carboxylic acids is 1. The normalized spacial score (nSPS) is 13.0. The molecule has 0 bridgehead atoms. The Morgan fingerprint density at radius 1 is 0.640 bits per heavy atom. The third-order valence-corrected chi connectivity index (χ3v) is 8.29. The van der Waals surface area contributed by atoms with Gasteiger partial charge < -0.3 is 25.6 Å². The van der Waals surface area contributed by atoms with Crippen LogP contribution in [0, 0.1) is 0 Å². The Balaban J connectivity index is 4.31. The molecule has 0 saturated heterocycles. The summed E-state index contributed by atoms with van der Waals surface area (Å²) < 4.78 is 5.90.